The minimum Gasteiger partial charge on any atom is -0.271 e. The van der Waals surface area contributed by atoms with Gasteiger partial charge in [0.05, 0.1) is 0 Å². The van der Waals surface area contributed by atoms with E-state index >= 15 is 0 Å². The molecule has 106 valence electrons. The van der Waals surface area contributed by atoms with Crippen molar-refractivity contribution in [3.8, 4) is 0 Å². The first-order chi connectivity index (χ1) is 9.72. The van der Waals surface area contributed by atoms with Gasteiger partial charge in [0.1, 0.15) is 0 Å². The highest BCUT2D eigenvalue weighted by molar-refractivity contribution is 5.27. The van der Waals surface area contributed by atoms with E-state index in [0.29, 0.717) is 0 Å². The van der Waals surface area contributed by atoms with Crippen molar-refractivity contribution in [1.82, 2.24) is 5.43 Å². The van der Waals surface area contributed by atoms with E-state index in [4.69, 9.17) is 5.84 Å². The second-order valence-electron chi connectivity index (χ2n) is 5.35. The third-order valence-corrected chi connectivity index (χ3v) is 3.77. The molecule has 2 rings (SSSR count). The number of nitrogens with two attached hydrogens (primary N) is 1. The Labute approximate surface area is 122 Å². The van der Waals surface area contributed by atoms with Gasteiger partial charge in [0, 0.05) is 6.04 Å². The van der Waals surface area contributed by atoms with E-state index in [9.17, 15) is 0 Å². The molecular weight excluding hydrogens is 244 g/mol. The van der Waals surface area contributed by atoms with Crippen LogP contribution < -0.4 is 11.3 Å². The molecule has 2 nitrogen and oxygen atoms in total. The van der Waals surface area contributed by atoms with Gasteiger partial charge in [0.2, 0.25) is 0 Å². The predicted octanol–water partition coefficient (Wildman–Crippen LogP) is 3.69. The van der Waals surface area contributed by atoms with E-state index in [1.54, 1.807) is 0 Å². The maximum atomic E-state index is 5.74. The lowest BCUT2D eigenvalue weighted by Gasteiger charge is -2.17. The highest BCUT2D eigenvalue weighted by Crippen LogP contribution is 2.20. The molecule has 0 amide bonds. The van der Waals surface area contributed by atoms with Gasteiger partial charge >= 0.3 is 0 Å². The molecule has 0 aromatic heterocycles. The monoisotopic (exact) mass is 268 g/mol. The predicted molar refractivity (Wildman–Crippen MR) is 85.4 cm³/mol. The molecule has 20 heavy (non-hydrogen) atoms. The number of hydrogen-bond acceptors (Lipinski definition) is 2. The standard InChI is InChI=1S/C18H24N2/c1-3-15-7-5-9-17(13-15)18(20-19)11-10-16-8-4-6-14(2)12-16/h4-9,12-13,18,20H,3,10-11,19H2,1-2H3. The molecule has 0 spiro atoms. The van der Waals surface area contributed by atoms with E-state index in [1.807, 2.05) is 0 Å². The lowest BCUT2D eigenvalue weighted by atomic mass is 9.97. The fourth-order valence-corrected chi connectivity index (χ4v) is 2.55. The van der Waals surface area contributed by atoms with Gasteiger partial charge in [-0.15, -0.1) is 0 Å². The van der Waals surface area contributed by atoms with E-state index < -0.39 is 0 Å². The van der Waals surface area contributed by atoms with Gasteiger partial charge in [0.15, 0.2) is 0 Å². The molecule has 1 unspecified atom stereocenters. The first kappa shape index (κ1) is 14.8. The minimum atomic E-state index is 0.210. The van der Waals surface area contributed by atoms with Gasteiger partial charge in [-0.05, 0) is 42.9 Å². The van der Waals surface area contributed by atoms with Crippen LogP contribution in [0.4, 0.5) is 0 Å². The average molecular weight is 268 g/mol. The van der Waals surface area contributed by atoms with Crippen LogP contribution in [-0.2, 0) is 12.8 Å². The molecule has 0 radical (unpaired) electrons. The van der Waals surface area contributed by atoms with Crippen molar-refractivity contribution in [3.63, 3.8) is 0 Å². The van der Waals surface area contributed by atoms with Crippen LogP contribution in [0.15, 0.2) is 48.5 Å². The molecule has 0 aliphatic rings. The Morgan fingerprint density at radius 1 is 1.05 bits per heavy atom. The SMILES string of the molecule is CCc1cccc(C(CCc2cccc(C)c2)NN)c1. The van der Waals surface area contributed by atoms with Gasteiger partial charge in [-0.3, -0.25) is 11.3 Å². The summed E-state index contributed by atoms with van der Waals surface area (Å²) in [4.78, 5) is 0. The zero-order valence-electron chi connectivity index (χ0n) is 12.4. The number of hydrogen-bond donors (Lipinski definition) is 2. The molecule has 2 heteroatoms. The van der Waals surface area contributed by atoms with Crippen molar-refractivity contribution in [2.24, 2.45) is 5.84 Å². The summed E-state index contributed by atoms with van der Waals surface area (Å²) >= 11 is 0. The fourth-order valence-electron chi connectivity index (χ4n) is 2.55. The summed E-state index contributed by atoms with van der Waals surface area (Å²) in [7, 11) is 0. The molecule has 0 saturated heterocycles. The van der Waals surface area contributed by atoms with Crippen LogP contribution in [0.1, 0.15) is 41.6 Å². The zero-order chi connectivity index (χ0) is 14.4. The summed E-state index contributed by atoms with van der Waals surface area (Å²) in [5.74, 6) is 5.74. The van der Waals surface area contributed by atoms with Gasteiger partial charge in [-0.25, -0.2) is 0 Å². The summed E-state index contributed by atoms with van der Waals surface area (Å²) in [6.07, 6.45) is 3.10. The number of aryl methyl sites for hydroxylation is 3. The van der Waals surface area contributed by atoms with Crippen LogP contribution in [0.5, 0.6) is 0 Å². The Kier molecular flexibility index (Phi) is 5.33. The Morgan fingerprint density at radius 3 is 2.50 bits per heavy atom. The van der Waals surface area contributed by atoms with Crippen molar-refractivity contribution in [2.75, 3.05) is 0 Å². The summed E-state index contributed by atoms with van der Waals surface area (Å²) in [6, 6.07) is 17.6. The molecule has 0 saturated carbocycles. The molecule has 0 heterocycles. The summed E-state index contributed by atoms with van der Waals surface area (Å²) in [6.45, 7) is 4.31. The van der Waals surface area contributed by atoms with Gasteiger partial charge in [-0.2, -0.15) is 0 Å². The van der Waals surface area contributed by atoms with Gasteiger partial charge in [-0.1, -0.05) is 61.0 Å². The summed E-state index contributed by atoms with van der Waals surface area (Å²) < 4.78 is 0. The van der Waals surface area contributed by atoms with Crippen LogP contribution in [0, 0.1) is 6.92 Å². The lowest BCUT2D eigenvalue weighted by Crippen LogP contribution is -2.28. The smallest absolute Gasteiger partial charge is 0.0463 e. The summed E-state index contributed by atoms with van der Waals surface area (Å²) in [5.41, 5.74) is 8.28. The Morgan fingerprint density at radius 2 is 1.80 bits per heavy atom. The molecule has 0 aliphatic heterocycles. The average Bonchev–Trinajstić information content (AvgIpc) is 2.48. The first-order valence-corrected chi connectivity index (χ1v) is 7.33. The topological polar surface area (TPSA) is 38.0 Å². The quantitative estimate of drug-likeness (QED) is 0.619. The highest BCUT2D eigenvalue weighted by atomic mass is 15.2. The number of rotatable bonds is 6. The van der Waals surface area contributed by atoms with E-state index in [2.05, 4.69) is 67.8 Å². The molecule has 2 aromatic carbocycles. The maximum absolute atomic E-state index is 5.74. The van der Waals surface area contributed by atoms with Gasteiger partial charge in [0.25, 0.3) is 0 Å². The molecular formula is C18H24N2. The van der Waals surface area contributed by atoms with Crippen molar-refractivity contribution in [1.29, 1.82) is 0 Å². The second-order valence-corrected chi connectivity index (χ2v) is 5.35. The van der Waals surface area contributed by atoms with Crippen LogP contribution >= 0.6 is 0 Å². The van der Waals surface area contributed by atoms with Gasteiger partial charge < -0.3 is 0 Å². The molecule has 0 aliphatic carbocycles. The molecule has 1 atom stereocenters. The lowest BCUT2D eigenvalue weighted by molar-refractivity contribution is 0.516. The Bertz CT molecular complexity index is 549. The van der Waals surface area contributed by atoms with Crippen LogP contribution in [0.2, 0.25) is 0 Å². The van der Waals surface area contributed by atoms with Crippen molar-refractivity contribution in [3.05, 3.63) is 70.8 Å². The van der Waals surface area contributed by atoms with E-state index in [1.165, 1.54) is 22.3 Å². The zero-order valence-corrected chi connectivity index (χ0v) is 12.4. The maximum Gasteiger partial charge on any atom is 0.0463 e. The van der Waals surface area contributed by atoms with Crippen LogP contribution in [0.25, 0.3) is 0 Å². The molecule has 2 aromatic rings. The fraction of sp³-hybridized carbons (Fsp3) is 0.333. The van der Waals surface area contributed by atoms with Crippen LogP contribution in [-0.4, -0.2) is 0 Å². The molecule has 0 fully saturated rings. The van der Waals surface area contributed by atoms with Crippen molar-refractivity contribution >= 4 is 0 Å². The highest BCUT2D eigenvalue weighted by Gasteiger charge is 2.10. The first-order valence-electron chi connectivity index (χ1n) is 7.33. The number of benzene rings is 2. The van der Waals surface area contributed by atoms with E-state index in [-0.39, 0.29) is 6.04 Å². The Balaban J connectivity index is 2.05. The Hall–Kier alpha value is -1.64. The van der Waals surface area contributed by atoms with Crippen molar-refractivity contribution < 1.29 is 0 Å². The summed E-state index contributed by atoms with van der Waals surface area (Å²) in [5, 5.41) is 0. The minimum absolute atomic E-state index is 0.210. The third kappa shape index (κ3) is 3.92. The second kappa shape index (κ2) is 7.22. The third-order valence-electron chi connectivity index (χ3n) is 3.77. The van der Waals surface area contributed by atoms with Crippen LogP contribution in [0.3, 0.4) is 0 Å². The molecule has 0 bridgehead atoms. The largest absolute Gasteiger partial charge is 0.271 e. The molecule has 3 N–H and O–H groups in total. The normalized spacial score (nSPS) is 12.3. The number of nitrogens with one attached hydrogen (secondary N) is 1. The van der Waals surface area contributed by atoms with E-state index in [0.717, 1.165) is 19.3 Å². The number of hydrazine groups is 1. The van der Waals surface area contributed by atoms with Crippen molar-refractivity contribution in [2.45, 2.75) is 39.2 Å².